The molecule has 0 bridgehead atoms. The lowest BCUT2D eigenvalue weighted by atomic mass is 10.2. The zero-order valence-electron chi connectivity index (χ0n) is 10.3. The van der Waals surface area contributed by atoms with E-state index in [0.717, 1.165) is 32.4 Å². The standard InChI is InChI=1S/C11H25NO2S/c1-4-11(3)10-15(13,14)9-7-6-8-12-5-2/h11-12H,4-10H2,1-3H3. The Hall–Kier alpha value is -0.0900. The van der Waals surface area contributed by atoms with Crippen LogP contribution in [0.25, 0.3) is 0 Å². The van der Waals surface area contributed by atoms with Crippen molar-refractivity contribution in [3.63, 3.8) is 0 Å². The van der Waals surface area contributed by atoms with Crippen molar-refractivity contribution in [3.05, 3.63) is 0 Å². The second-order valence-electron chi connectivity index (χ2n) is 4.19. The fourth-order valence-electron chi connectivity index (χ4n) is 1.38. The Morgan fingerprint density at radius 3 is 2.40 bits per heavy atom. The topological polar surface area (TPSA) is 46.2 Å². The summed E-state index contributed by atoms with van der Waals surface area (Å²) in [6.45, 7) is 7.97. The normalized spacial score (nSPS) is 14.1. The van der Waals surface area contributed by atoms with E-state index in [1.807, 2.05) is 13.8 Å². The Kier molecular flexibility index (Phi) is 8.06. The molecule has 0 aliphatic rings. The molecule has 0 rings (SSSR count). The van der Waals surface area contributed by atoms with E-state index >= 15 is 0 Å². The van der Waals surface area contributed by atoms with Gasteiger partial charge in [0.1, 0.15) is 0 Å². The minimum atomic E-state index is -2.81. The lowest BCUT2D eigenvalue weighted by molar-refractivity contribution is 0.559. The minimum Gasteiger partial charge on any atom is -0.317 e. The molecule has 92 valence electrons. The molecule has 0 aliphatic carbocycles. The molecule has 1 atom stereocenters. The zero-order valence-corrected chi connectivity index (χ0v) is 11.1. The smallest absolute Gasteiger partial charge is 0.150 e. The average Bonchev–Trinajstić information content (AvgIpc) is 2.16. The minimum absolute atomic E-state index is 0.295. The molecule has 0 aliphatic heterocycles. The van der Waals surface area contributed by atoms with Gasteiger partial charge in [-0.25, -0.2) is 8.42 Å². The Balaban J connectivity index is 3.65. The largest absolute Gasteiger partial charge is 0.317 e. The fraction of sp³-hybridized carbons (Fsp3) is 1.00. The predicted octanol–water partition coefficient (Wildman–Crippen LogP) is 1.84. The number of rotatable bonds is 9. The van der Waals surface area contributed by atoms with Gasteiger partial charge in [0.15, 0.2) is 9.84 Å². The van der Waals surface area contributed by atoms with Gasteiger partial charge in [-0.15, -0.1) is 0 Å². The average molecular weight is 235 g/mol. The van der Waals surface area contributed by atoms with Crippen molar-refractivity contribution in [1.82, 2.24) is 5.32 Å². The Morgan fingerprint density at radius 2 is 1.87 bits per heavy atom. The molecule has 0 radical (unpaired) electrons. The third kappa shape index (κ3) is 8.88. The zero-order chi connectivity index (χ0) is 11.7. The van der Waals surface area contributed by atoms with Crippen LogP contribution in [-0.4, -0.2) is 33.0 Å². The molecule has 3 nitrogen and oxygen atoms in total. The first-order chi connectivity index (χ1) is 7.02. The highest BCUT2D eigenvalue weighted by Gasteiger charge is 2.13. The second-order valence-corrected chi connectivity index (χ2v) is 6.42. The summed E-state index contributed by atoms with van der Waals surface area (Å²) in [5.41, 5.74) is 0. The molecular formula is C11H25NO2S. The first-order valence-electron chi connectivity index (χ1n) is 5.93. The number of sulfone groups is 1. The molecule has 0 saturated carbocycles. The third-order valence-electron chi connectivity index (χ3n) is 2.54. The highest BCUT2D eigenvalue weighted by Crippen LogP contribution is 2.07. The second kappa shape index (κ2) is 8.11. The molecule has 0 aromatic rings. The number of hydrogen-bond donors (Lipinski definition) is 1. The quantitative estimate of drug-likeness (QED) is 0.620. The summed E-state index contributed by atoms with van der Waals surface area (Å²) in [7, 11) is -2.81. The Bertz CT molecular complexity index is 237. The molecule has 4 heteroatoms. The highest BCUT2D eigenvalue weighted by atomic mass is 32.2. The van der Waals surface area contributed by atoms with Gasteiger partial charge in [-0.1, -0.05) is 27.2 Å². The van der Waals surface area contributed by atoms with Crippen LogP contribution in [0.4, 0.5) is 0 Å². The summed E-state index contributed by atoms with van der Waals surface area (Å²) in [6.07, 6.45) is 2.68. The number of unbranched alkanes of at least 4 members (excludes halogenated alkanes) is 1. The van der Waals surface area contributed by atoms with Gasteiger partial charge in [-0.05, 0) is 31.8 Å². The van der Waals surface area contributed by atoms with E-state index in [1.165, 1.54) is 0 Å². The van der Waals surface area contributed by atoms with Gasteiger partial charge in [0.2, 0.25) is 0 Å². The number of nitrogens with one attached hydrogen (secondary N) is 1. The summed E-state index contributed by atoms with van der Waals surface area (Å²) in [5, 5.41) is 3.19. The maximum Gasteiger partial charge on any atom is 0.150 e. The molecule has 0 aromatic carbocycles. The van der Waals surface area contributed by atoms with Crippen LogP contribution in [0.5, 0.6) is 0 Å². The maximum absolute atomic E-state index is 11.6. The van der Waals surface area contributed by atoms with Crippen LogP contribution >= 0.6 is 0 Å². The van der Waals surface area contributed by atoms with Gasteiger partial charge >= 0.3 is 0 Å². The molecule has 0 aromatic heterocycles. The van der Waals surface area contributed by atoms with E-state index in [2.05, 4.69) is 12.2 Å². The maximum atomic E-state index is 11.6. The van der Waals surface area contributed by atoms with Gasteiger partial charge in [0.05, 0.1) is 11.5 Å². The van der Waals surface area contributed by atoms with Crippen molar-refractivity contribution in [3.8, 4) is 0 Å². The lowest BCUT2D eigenvalue weighted by Gasteiger charge is -2.09. The van der Waals surface area contributed by atoms with Crippen LogP contribution in [0.15, 0.2) is 0 Å². The summed E-state index contributed by atoms with van der Waals surface area (Å²) in [5.74, 6) is 0.997. The van der Waals surface area contributed by atoms with E-state index in [0.29, 0.717) is 17.4 Å². The van der Waals surface area contributed by atoms with Crippen molar-refractivity contribution in [1.29, 1.82) is 0 Å². The van der Waals surface area contributed by atoms with Crippen molar-refractivity contribution in [2.24, 2.45) is 5.92 Å². The van der Waals surface area contributed by atoms with Crippen LogP contribution in [0.1, 0.15) is 40.0 Å². The van der Waals surface area contributed by atoms with Crippen LogP contribution in [0, 0.1) is 5.92 Å². The first kappa shape index (κ1) is 14.9. The molecule has 15 heavy (non-hydrogen) atoms. The molecule has 0 fully saturated rings. The van der Waals surface area contributed by atoms with Gasteiger partial charge in [0.25, 0.3) is 0 Å². The van der Waals surface area contributed by atoms with Crippen LogP contribution in [-0.2, 0) is 9.84 Å². The van der Waals surface area contributed by atoms with E-state index < -0.39 is 9.84 Å². The Labute approximate surface area is 94.6 Å². The van der Waals surface area contributed by atoms with Crippen molar-refractivity contribution >= 4 is 9.84 Å². The van der Waals surface area contributed by atoms with E-state index in [1.54, 1.807) is 0 Å². The van der Waals surface area contributed by atoms with Crippen LogP contribution in [0.2, 0.25) is 0 Å². The molecule has 0 amide bonds. The first-order valence-corrected chi connectivity index (χ1v) is 7.75. The molecule has 1 N–H and O–H groups in total. The summed E-state index contributed by atoms with van der Waals surface area (Å²) >= 11 is 0. The molecule has 1 unspecified atom stereocenters. The van der Waals surface area contributed by atoms with Crippen molar-refractivity contribution in [2.45, 2.75) is 40.0 Å². The van der Waals surface area contributed by atoms with E-state index in [4.69, 9.17) is 0 Å². The van der Waals surface area contributed by atoms with Crippen LogP contribution < -0.4 is 5.32 Å². The summed E-state index contributed by atoms with van der Waals surface area (Å²) in [6, 6.07) is 0. The van der Waals surface area contributed by atoms with Gasteiger partial charge in [0, 0.05) is 0 Å². The van der Waals surface area contributed by atoms with Crippen LogP contribution in [0.3, 0.4) is 0 Å². The van der Waals surface area contributed by atoms with Gasteiger partial charge in [-0.2, -0.15) is 0 Å². The third-order valence-corrected chi connectivity index (χ3v) is 4.53. The summed E-state index contributed by atoms with van der Waals surface area (Å²) < 4.78 is 23.2. The van der Waals surface area contributed by atoms with Crippen molar-refractivity contribution in [2.75, 3.05) is 24.6 Å². The van der Waals surface area contributed by atoms with E-state index in [-0.39, 0.29) is 0 Å². The highest BCUT2D eigenvalue weighted by molar-refractivity contribution is 7.91. The van der Waals surface area contributed by atoms with Crippen molar-refractivity contribution < 1.29 is 8.42 Å². The lowest BCUT2D eigenvalue weighted by Crippen LogP contribution is -2.19. The van der Waals surface area contributed by atoms with E-state index in [9.17, 15) is 8.42 Å². The van der Waals surface area contributed by atoms with Gasteiger partial charge < -0.3 is 5.32 Å². The monoisotopic (exact) mass is 235 g/mol. The molecule has 0 spiro atoms. The predicted molar refractivity (Wildman–Crippen MR) is 65.9 cm³/mol. The van der Waals surface area contributed by atoms with Gasteiger partial charge in [-0.3, -0.25) is 0 Å². The number of hydrogen-bond acceptors (Lipinski definition) is 3. The molecule has 0 heterocycles. The Morgan fingerprint density at radius 1 is 1.20 bits per heavy atom. The fourth-order valence-corrected chi connectivity index (χ4v) is 3.30. The SMILES string of the molecule is CCNCCCCS(=O)(=O)CC(C)CC. The molecular weight excluding hydrogens is 210 g/mol. The molecule has 0 saturated heterocycles. The summed E-state index contributed by atoms with van der Waals surface area (Å²) in [4.78, 5) is 0.